The highest BCUT2D eigenvalue weighted by molar-refractivity contribution is 5.62. The Labute approximate surface area is 156 Å². The van der Waals surface area contributed by atoms with Crippen molar-refractivity contribution in [2.24, 2.45) is 0 Å². The lowest BCUT2D eigenvalue weighted by molar-refractivity contribution is -0.909. The van der Waals surface area contributed by atoms with Gasteiger partial charge in [0.15, 0.2) is 17.5 Å². The molecule has 8 heteroatoms. The van der Waals surface area contributed by atoms with Crippen molar-refractivity contribution >= 4 is 0 Å². The summed E-state index contributed by atoms with van der Waals surface area (Å²) in [6.07, 6.45) is 0.928. The Kier molecular flexibility index (Phi) is 3.71. The van der Waals surface area contributed by atoms with Gasteiger partial charge in [-0.1, -0.05) is 18.2 Å². The smallest absolute Gasteiger partial charge is 0.231 e. The van der Waals surface area contributed by atoms with Gasteiger partial charge in [0.25, 0.3) is 0 Å². The number of hydrogen-bond donors (Lipinski definition) is 1. The molecule has 0 aliphatic carbocycles. The molecule has 0 fully saturated rings. The molecule has 1 unspecified atom stereocenters. The fraction of sp³-hybridized carbons (Fsp3) is 0.316. The van der Waals surface area contributed by atoms with Gasteiger partial charge in [-0.25, -0.2) is 0 Å². The zero-order valence-corrected chi connectivity index (χ0v) is 15.2. The summed E-state index contributed by atoms with van der Waals surface area (Å²) < 4.78 is 18.9. The van der Waals surface area contributed by atoms with Crippen LogP contribution >= 0.6 is 0 Å². The van der Waals surface area contributed by atoms with Gasteiger partial charge in [-0.2, -0.15) is 4.68 Å². The number of ether oxygens (including phenoxy) is 3. The molecular formula is C19H20N5O3+. The standard InChI is InChI=1S/C19H19N5O3/c1-23-9-8-12-10-14-17(27-11-26-14)18(25-2)15(12)16(23)19-20-21-22-24(19)13-6-4-3-5-7-13/h3-7,10,16H,8-9,11H2,1-2H3/p+1/t16-/m0/s1. The van der Waals surface area contributed by atoms with Crippen molar-refractivity contribution in [3.05, 3.63) is 53.3 Å². The van der Waals surface area contributed by atoms with Crippen LogP contribution in [0, 0.1) is 0 Å². The molecule has 2 aromatic carbocycles. The van der Waals surface area contributed by atoms with E-state index < -0.39 is 0 Å². The van der Waals surface area contributed by atoms with Crippen molar-refractivity contribution in [1.82, 2.24) is 20.2 Å². The van der Waals surface area contributed by atoms with Gasteiger partial charge >= 0.3 is 0 Å². The van der Waals surface area contributed by atoms with Crippen molar-refractivity contribution in [1.29, 1.82) is 0 Å². The van der Waals surface area contributed by atoms with Crippen LogP contribution in [0.15, 0.2) is 36.4 Å². The summed E-state index contributed by atoms with van der Waals surface area (Å²) in [5, 5.41) is 12.6. The van der Waals surface area contributed by atoms with Crippen LogP contribution in [0.25, 0.3) is 5.69 Å². The van der Waals surface area contributed by atoms with Crippen LogP contribution in [0.1, 0.15) is 23.0 Å². The molecule has 2 aliphatic rings. The number of benzene rings is 2. The molecule has 1 N–H and O–H groups in total. The Morgan fingerprint density at radius 1 is 1.22 bits per heavy atom. The average Bonchev–Trinajstić information content (AvgIpc) is 3.36. The van der Waals surface area contributed by atoms with Crippen LogP contribution in [-0.2, 0) is 6.42 Å². The highest BCUT2D eigenvalue weighted by atomic mass is 16.7. The van der Waals surface area contributed by atoms with Crippen LogP contribution in [0.3, 0.4) is 0 Å². The maximum atomic E-state index is 5.78. The van der Waals surface area contributed by atoms with Gasteiger partial charge in [0.2, 0.25) is 18.4 Å². The second-order valence-electron chi connectivity index (χ2n) is 6.78. The summed E-state index contributed by atoms with van der Waals surface area (Å²) in [5.74, 6) is 2.89. The summed E-state index contributed by atoms with van der Waals surface area (Å²) >= 11 is 0. The molecule has 2 atom stereocenters. The van der Waals surface area contributed by atoms with Crippen molar-refractivity contribution in [3.8, 4) is 22.9 Å². The maximum absolute atomic E-state index is 5.78. The summed E-state index contributed by atoms with van der Waals surface area (Å²) in [7, 11) is 3.82. The molecule has 3 heterocycles. The zero-order chi connectivity index (χ0) is 18.4. The third-order valence-electron chi connectivity index (χ3n) is 5.27. The van der Waals surface area contributed by atoms with Crippen LogP contribution in [0.4, 0.5) is 0 Å². The predicted octanol–water partition coefficient (Wildman–Crippen LogP) is 0.560. The quantitative estimate of drug-likeness (QED) is 0.730. The minimum absolute atomic E-state index is 0.0755. The number of hydrogen-bond acceptors (Lipinski definition) is 6. The Morgan fingerprint density at radius 3 is 2.89 bits per heavy atom. The van der Waals surface area contributed by atoms with E-state index in [-0.39, 0.29) is 12.8 Å². The Balaban J connectivity index is 1.71. The molecule has 138 valence electrons. The Hall–Kier alpha value is -3.13. The molecule has 0 saturated heterocycles. The Bertz CT molecular complexity index is 989. The van der Waals surface area contributed by atoms with E-state index in [0.717, 1.165) is 35.8 Å². The summed E-state index contributed by atoms with van der Waals surface area (Å²) in [6.45, 7) is 1.17. The summed E-state index contributed by atoms with van der Waals surface area (Å²) in [4.78, 5) is 1.30. The van der Waals surface area contributed by atoms with E-state index >= 15 is 0 Å². The largest absolute Gasteiger partial charge is 0.492 e. The number of fused-ring (bicyclic) bond motifs is 2. The third-order valence-corrected chi connectivity index (χ3v) is 5.27. The first-order valence-corrected chi connectivity index (χ1v) is 8.93. The van der Waals surface area contributed by atoms with E-state index in [0.29, 0.717) is 11.5 Å². The second kappa shape index (κ2) is 6.24. The fourth-order valence-electron chi connectivity index (χ4n) is 4.00. The molecule has 3 aromatic rings. The van der Waals surface area contributed by atoms with Crippen LogP contribution in [0.5, 0.6) is 17.2 Å². The second-order valence-corrected chi connectivity index (χ2v) is 6.78. The topological polar surface area (TPSA) is 75.7 Å². The number of nitrogens with zero attached hydrogens (tertiary/aromatic N) is 4. The normalized spacial score (nSPS) is 20.4. The van der Waals surface area contributed by atoms with Gasteiger partial charge in [-0.3, -0.25) is 0 Å². The summed E-state index contributed by atoms with van der Waals surface area (Å²) in [5.41, 5.74) is 3.18. The first-order chi connectivity index (χ1) is 13.3. The van der Waals surface area contributed by atoms with Crippen molar-refractivity contribution in [3.63, 3.8) is 0 Å². The number of nitrogens with one attached hydrogen (secondary N) is 1. The van der Waals surface area contributed by atoms with Crippen molar-refractivity contribution in [2.75, 3.05) is 27.5 Å². The van der Waals surface area contributed by atoms with Gasteiger partial charge in [0.05, 0.1) is 32.0 Å². The monoisotopic (exact) mass is 366 g/mol. The molecule has 8 nitrogen and oxygen atoms in total. The van der Waals surface area contributed by atoms with E-state index in [1.165, 1.54) is 10.5 Å². The molecule has 0 saturated carbocycles. The molecule has 1 aromatic heterocycles. The highest BCUT2D eigenvalue weighted by Gasteiger charge is 2.40. The molecule has 27 heavy (non-hydrogen) atoms. The molecule has 0 spiro atoms. The number of para-hydroxylation sites is 1. The number of rotatable bonds is 3. The lowest BCUT2D eigenvalue weighted by Gasteiger charge is -2.32. The summed E-state index contributed by atoms with van der Waals surface area (Å²) in [6, 6.07) is 11.9. The van der Waals surface area contributed by atoms with Crippen LogP contribution in [0.2, 0.25) is 0 Å². The van der Waals surface area contributed by atoms with Gasteiger partial charge in [-0.15, -0.1) is 5.10 Å². The van der Waals surface area contributed by atoms with E-state index in [4.69, 9.17) is 14.2 Å². The van der Waals surface area contributed by atoms with Crippen LogP contribution < -0.4 is 19.1 Å². The predicted molar refractivity (Wildman–Crippen MR) is 95.6 cm³/mol. The van der Waals surface area contributed by atoms with E-state index in [9.17, 15) is 0 Å². The lowest BCUT2D eigenvalue weighted by Crippen LogP contribution is -3.10. The molecular weight excluding hydrogens is 346 g/mol. The van der Waals surface area contributed by atoms with E-state index in [1.807, 2.05) is 30.3 Å². The Morgan fingerprint density at radius 2 is 2.07 bits per heavy atom. The highest BCUT2D eigenvalue weighted by Crippen LogP contribution is 2.48. The SMILES string of the molecule is COc1c2c(cc3c1[C@@H](c1nnnn1-c1ccccc1)[NH+](C)CC3)OCO2. The minimum Gasteiger partial charge on any atom is -0.492 e. The van der Waals surface area contributed by atoms with Crippen LogP contribution in [-0.4, -0.2) is 47.7 Å². The zero-order valence-electron chi connectivity index (χ0n) is 15.2. The average molecular weight is 366 g/mol. The van der Waals surface area contributed by atoms with E-state index in [1.54, 1.807) is 11.8 Å². The third kappa shape index (κ3) is 2.44. The number of likely N-dealkylation sites (N-methyl/N-ethyl adjacent to an activating group) is 1. The number of tetrazole rings is 1. The number of aromatic nitrogens is 4. The van der Waals surface area contributed by atoms with E-state index in [2.05, 4.69) is 28.6 Å². The number of methoxy groups -OCH3 is 1. The van der Waals surface area contributed by atoms with Gasteiger partial charge < -0.3 is 19.1 Å². The first-order valence-electron chi connectivity index (χ1n) is 8.93. The number of quaternary nitrogens is 1. The molecule has 2 aliphatic heterocycles. The van der Waals surface area contributed by atoms with Gasteiger partial charge in [0, 0.05) is 6.42 Å². The molecule has 0 amide bonds. The maximum Gasteiger partial charge on any atom is 0.231 e. The minimum atomic E-state index is -0.0755. The molecule has 5 rings (SSSR count). The molecule has 0 radical (unpaired) electrons. The molecule has 0 bridgehead atoms. The van der Waals surface area contributed by atoms with Crippen molar-refractivity contribution < 1.29 is 19.1 Å². The van der Waals surface area contributed by atoms with Gasteiger partial charge in [0.1, 0.15) is 0 Å². The van der Waals surface area contributed by atoms with Gasteiger partial charge in [-0.05, 0) is 34.2 Å². The lowest BCUT2D eigenvalue weighted by atomic mass is 9.90. The van der Waals surface area contributed by atoms with Crippen molar-refractivity contribution in [2.45, 2.75) is 12.5 Å². The first kappa shape index (κ1) is 16.1. The fourth-order valence-corrected chi connectivity index (χ4v) is 4.00.